The molecule has 5 aromatic carbocycles. The highest BCUT2D eigenvalue weighted by atomic mass is 35.5. The van der Waals surface area contributed by atoms with Gasteiger partial charge in [0.05, 0.1) is 113 Å². The summed E-state index contributed by atoms with van der Waals surface area (Å²) in [7, 11) is 0. The number of pyridine rings is 5. The summed E-state index contributed by atoms with van der Waals surface area (Å²) in [4.78, 5) is 51.3. The molecule has 0 saturated carbocycles. The summed E-state index contributed by atoms with van der Waals surface area (Å²) in [5.41, 5.74) is 22.4. The second-order valence-corrected chi connectivity index (χ2v) is 28.1. The Morgan fingerprint density at radius 1 is 0.471 bits per heavy atom. The van der Waals surface area contributed by atoms with Crippen molar-refractivity contribution >= 4 is 122 Å². The zero-order chi connectivity index (χ0) is 74.2. The van der Waals surface area contributed by atoms with Gasteiger partial charge in [-0.1, -0.05) is 137 Å². The molecular formula is C76H99ClN16O9. The first-order valence-corrected chi connectivity index (χ1v) is 33.8. The molecule has 0 bridgehead atoms. The first-order chi connectivity index (χ1) is 47.5. The lowest BCUT2D eigenvalue weighted by atomic mass is 10.1. The summed E-state index contributed by atoms with van der Waals surface area (Å²) >= 11 is 5.85. The number of unbranched alkanes of at least 4 members (excludes halogenated alkanes) is 2. The molecule has 12 rings (SSSR count). The van der Waals surface area contributed by atoms with Crippen LogP contribution in [0.4, 0.5) is 34.3 Å². The smallest absolute Gasteiger partial charge is 0.311 e. The molecule has 26 heteroatoms. The van der Waals surface area contributed by atoms with Gasteiger partial charge in [-0.25, -0.2) is 24.9 Å². The van der Waals surface area contributed by atoms with Crippen molar-refractivity contribution in [3.05, 3.63) is 183 Å². The molecule has 25 nitrogen and oxygen atoms in total. The number of fused-ring (bicyclic) bond motifs is 9. The van der Waals surface area contributed by atoms with Crippen LogP contribution in [-0.4, -0.2) is 127 Å². The maximum absolute atomic E-state index is 11.1. The van der Waals surface area contributed by atoms with Gasteiger partial charge in [0.2, 0.25) is 0 Å². The van der Waals surface area contributed by atoms with Gasteiger partial charge in [0.25, 0.3) is 0 Å². The molecule has 102 heavy (non-hydrogen) atoms. The molecule has 7 heterocycles. The van der Waals surface area contributed by atoms with Crippen LogP contribution in [0.2, 0.25) is 5.02 Å². The number of nitrogens with one attached hydrogen (secondary N) is 2. The molecule has 0 atom stereocenters. The van der Waals surface area contributed by atoms with Gasteiger partial charge >= 0.3 is 11.4 Å². The Morgan fingerprint density at radius 2 is 0.843 bits per heavy atom. The Kier molecular flexibility index (Phi) is 28.0. The van der Waals surface area contributed by atoms with Crippen LogP contribution in [0.1, 0.15) is 128 Å². The van der Waals surface area contributed by atoms with Crippen molar-refractivity contribution in [2.45, 2.75) is 170 Å². The number of halogens is 1. The van der Waals surface area contributed by atoms with Gasteiger partial charge in [0.1, 0.15) is 45.8 Å². The van der Waals surface area contributed by atoms with Gasteiger partial charge in [-0.15, -0.1) is 0 Å². The molecule has 13 N–H and O–H groups in total. The fourth-order valence-corrected chi connectivity index (χ4v) is 10.8. The third kappa shape index (κ3) is 22.6. The van der Waals surface area contributed by atoms with E-state index in [0.717, 1.165) is 111 Å². The molecule has 0 fully saturated rings. The molecule has 0 spiro atoms. The Hall–Kier alpha value is -9.86. The number of nitro groups is 2. The third-order valence-corrected chi connectivity index (χ3v) is 15.8. The summed E-state index contributed by atoms with van der Waals surface area (Å²) in [5.74, 6) is 2.46. The molecule has 0 aliphatic heterocycles. The fourth-order valence-electron chi connectivity index (χ4n) is 10.5. The van der Waals surface area contributed by atoms with Crippen LogP contribution in [0.5, 0.6) is 0 Å². The average molecular weight is 1420 g/mol. The molecule has 0 radical (unpaired) electrons. The Morgan fingerprint density at radius 3 is 1.30 bits per heavy atom. The normalized spacial score (nSPS) is 11.7. The Balaban J connectivity index is 0.000000197. The number of nitrogen functional groups attached to an aromatic ring is 2. The number of nitrogens with two attached hydrogens (primary N) is 3. The van der Waals surface area contributed by atoms with E-state index in [1.807, 2.05) is 107 Å². The van der Waals surface area contributed by atoms with E-state index < -0.39 is 37.9 Å². The van der Waals surface area contributed by atoms with Crippen LogP contribution >= 0.6 is 11.6 Å². The van der Waals surface area contributed by atoms with Crippen LogP contribution < -0.4 is 27.8 Å². The molecule has 0 amide bonds. The number of nitrogens with zero attached hydrogens (tertiary/aromatic N) is 11. The van der Waals surface area contributed by atoms with E-state index in [-0.39, 0.29) is 30.4 Å². The Bertz CT molecular complexity index is 4800. The second-order valence-electron chi connectivity index (χ2n) is 27.8. The molecule has 0 saturated heterocycles. The third-order valence-electron chi connectivity index (χ3n) is 15.4. The first-order valence-electron chi connectivity index (χ1n) is 33.4. The fraction of sp³-hybridized carbons (Fsp3) is 0.382. The molecular weight excluding hydrogens is 1320 g/mol. The monoisotopic (exact) mass is 1410 g/mol. The number of aryl methyl sites for hydroxylation is 2. The van der Waals surface area contributed by atoms with Crippen molar-refractivity contribution < 1.29 is 35.4 Å². The molecule has 544 valence electrons. The maximum Gasteiger partial charge on any atom is 0.311 e. The number of benzene rings is 5. The van der Waals surface area contributed by atoms with E-state index in [9.17, 15) is 40.7 Å². The van der Waals surface area contributed by atoms with E-state index in [0.29, 0.717) is 65.2 Å². The summed E-state index contributed by atoms with van der Waals surface area (Å²) < 4.78 is 4.29. The van der Waals surface area contributed by atoms with E-state index in [1.54, 1.807) is 90.2 Å². The summed E-state index contributed by atoms with van der Waals surface area (Å²) in [6.07, 6.45) is 12.1. The van der Waals surface area contributed by atoms with Crippen molar-refractivity contribution in [3.8, 4) is 0 Å². The van der Waals surface area contributed by atoms with Crippen LogP contribution in [0.25, 0.3) is 76.6 Å². The van der Waals surface area contributed by atoms with Crippen molar-refractivity contribution in [2.24, 2.45) is 5.73 Å². The SMILES string of the molecule is C.CC(C)(O)CN.CC(C)(O)CNc1c(N)cnc2ccccc12.CC(C)(O)CNc1c([N+](=O)[O-])cnc2ccccc12.CCCCc1nc2c(N)nc3ccccc3c2n1CC(C)(C)O.CCCCc1nc2cnc3ccccc3c2n1CC(C)(C)O.O=[N+]([O-])c1cnc2ccccc2c1Cl. The van der Waals surface area contributed by atoms with Crippen LogP contribution in [0, 0.1) is 20.2 Å². The molecule has 0 aliphatic rings. The number of rotatable bonds is 19. The van der Waals surface area contributed by atoms with Crippen LogP contribution in [-0.2, 0) is 25.9 Å². The van der Waals surface area contributed by atoms with Gasteiger partial charge in [-0.05, 0) is 112 Å². The highest BCUT2D eigenvalue weighted by Gasteiger charge is 2.25. The van der Waals surface area contributed by atoms with Gasteiger partial charge in [-0.2, -0.15) is 0 Å². The first kappa shape index (κ1) is 81.1. The number of hydrogen-bond donors (Lipinski definition) is 10. The number of aromatic nitrogens is 9. The van der Waals surface area contributed by atoms with E-state index in [1.165, 1.54) is 12.4 Å². The lowest BCUT2D eigenvalue weighted by Crippen LogP contribution is -2.29. The zero-order valence-electron chi connectivity index (χ0n) is 59.5. The van der Waals surface area contributed by atoms with E-state index in [2.05, 4.69) is 64.6 Å². The van der Waals surface area contributed by atoms with Crippen LogP contribution in [0.3, 0.4) is 0 Å². The van der Waals surface area contributed by atoms with E-state index >= 15 is 0 Å². The van der Waals surface area contributed by atoms with Gasteiger partial charge in [-0.3, -0.25) is 30.2 Å². The minimum atomic E-state index is -0.960. The molecule has 0 unspecified atom stereocenters. The van der Waals surface area contributed by atoms with Gasteiger partial charge in [0, 0.05) is 59.4 Å². The minimum Gasteiger partial charge on any atom is -0.396 e. The van der Waals surface area contributed by atoms with Gasteiger partial charge in [0.15, 0.2) is 5.82 Å². The number of hydrogen-bond acceptors (Lipinski definition) is 21. The lowest BCUT2D eigenvalue weighted by Gasteiger charge is -2.20. The zero-order valence-corrected chi connectivity index (χ0v) is 60.3. The average Bonchev–Trinajstić information content (AvgIpc) is 1.05. The number of anilines is 4. The van der Waals surface area contributed by atoms with Crippen molar-refractivity contribution in [2.75, 3.05) is 41.7 Å². The highest BCUT2D eigenvalue weighted by molar-refractivity contribution is 6.37. The molecule has 0 aliphatic carbocycles. The summed E-state index contributed by atoms with van der Waals surface area (Å²) in [6.45, 7) is 23.8. The maximum atomic E-state index is 11.1. The second kappa shape index (κ2) is 35.2. The Labute approximate surface area is 599 Å². The molecule has 12 aromatic rings. The summed E-state index contributed by atoms with van der Waals surface area (Å²) in [6, 6.07) is 38.0. The van der Waals surface area contributed by atoms with Gasteiger partial charge < -0.3 is 62.5 Å². The number of imidazole rings is 2. The predicted octanol–water partition coefficient (Wildman–Crippen LogP) is 14.5. The molecule has 7 aromatic heterocycles. The number of para-hydroxylation sites is 5. The predicted molar refractivity (Wildman–Crippen MR) is 414 cm³/mol. The van der Waals surface area contributed by atoms with Crippen molar-refractivity contribution in [1.29, 1.82) is 0 Å². The van der Waals surface area contributed by atoms with E-state index in [4.69, 9.17) is 43.9 Å². The topological polar surface area (TPSA) is 390 Å². The van der Waals surface area contributed by atoms with Crippen LogP contribution in [0.15, 0.2) is 146 Å². The van der Waals surface area contributed by atoms with Crippen molar-refractivity contribution in [1.82, 2.24) is 44.0 Å². The lowest BCUT2D eigenvalue weighted by molar-refractivity contribution is -0.384. The van der Waals surface area contributed by atoms with Crippen molar-refractivity contribution in [3.63, 3.8) is 0 Å². The summed E-state index contributed by atoms with van der Waals surface area (Å²) in [5, 5.41) is 81.0. The number of aliphatic hydroxyl groups is 5. The highest BCUT2D eigenvalue weighted by Crippen LogP contribution is 2.35. The largest absolute Gasteiger partial charge is 0.396 e. The quantitative estimate of drug-likeness (QED) is 0.0265. The standard InChI is InChI=1S/C18H24N4O.C18H23N3O.C13H15N3O3.C13H17N3O.C9H5ClN2O2.C4H11NO.CH4/c1-4-5-10-14-21-15-16(22(14)11-18(2,3)23)12-8-6-7-9-13(12)20-17(15)19;1-4-5-10-16-20-15-11-19-14-9-7-6-8-13(14)17(15)21(16)12-18(2,3)22;1-13(2,17)8-15-12-9-5-3-4-6-10(9)14-7-11(12)16(18)19;1-13(2,17)8-16-12-9-5-3-4-6-11(9)15-7-10(12)14;10-9-6-3-1-2-4-7(6)11-5-8(9)12(13)14;1-4(2,6)3-5;/h6-9,23H,4-5,10-11H2,1-3H3,(H2,19,20);6-9,11,22H,4-5,10,12H2,1-3H3;3-7,17H,8H2,1-2H3,(H,14,15);3-7,17H,8,14H2,1-2H3,(H,15,16);1-5H;6H,3,5H2,1-2H3;1H4. The minimum absolute atomic E-state index is 0.